The number of halogens is 1. The van der Waals surface area contributed by atoms with Gasteiger partial charge in [-0.1, -0.05) is 12.1 Å². The van der Waals surface area contributed by atoms with Crippen LogP contribution in [0.2, 0.25) is 0 Å². The fourth-order valence-corrected chi connectivity index (χ4v) is 3.50. The van der Waals surface area contributed by atoms with Crippen molar-refractivity contribution in [1.29, 1.82) is 0 Å². The lowest BCUT2D eigenvalue weighted by molar-refractivity contribution is -0.135. The average Bonchev–Trinajstić information content (AvgIpc) is 2.56. The van der Waals surface area contributed by atoms with Gasteiger partial charge in [-0.05, 0) is 63.8 Å². The van der Waals surface area contributed by atoms with Gasteiger partial charge in [-0.2, -0.15) is 0 Å². The number of nitrogens with zero attached hydrogens (tertiary/aromatic N) is 2. The number of likely N-dealkylation sites (N-methyl/N-ethyl adjacent to an activating group) is 1. The predicted octanol–water partition coefficient (Wildman–Crippen LogP) is 2.83. The van der Waals surface area contributed by atoms with Crippen LogP contribution < -0.4 is 0 Å². The Morgan fingerprint density at radius 1 is 1.38 bits per heavy atom. The summed E-state index contributed by atoms with van der Waals surface area (Å²) in [4.78, 5) is 16.7. The molecule has 0 saturated carbocycles. The van der Waals surface area contributed by atoms with Gasteiger partial charge in [0, 0.05) is 13.1 Å². The number of aliphatic hydroxyl groups excluding tert-OH is 1. The molecule has 0 aromatic heterocycles. The van der Waals surface area contributed by atoms with Crippen LogP contribution in [0.4, 0.5) is 4.39 Å². The van der Waals surface area contributed by atoms with E-state index in [-0.39, 0.29) is 29.8 Å². The van der Waals surface area contributed by atoms with Crippen LogP contribution in [0.5, 0.6) is 0 Å². The summed E-state index contributed by atoms with van der Waals surface area (Å²) in [6, 6.07) is 6.26. The van der Waals surface area contributed by atoms with Gasteiger partial charge < -0.3 is 10.0 Å². The minimum atomic E-state index is -0.330. The maximum Gasteiger partial charge on any atom is 0.237 e. The molecule has 1 aliphatic rings. The molecule has 0 spiro atoms. The lowest BCUT2D eigenvalue weighted by Crippen LogP contribution is -2.46. The number of benzene rings is 1. The van der Waals surface area contributed by atoms with Crippen molar-refractivity contribution in [2.45, 2.75) is 45.8 Å². The number of hydrogen-bond donors (Lipinski definition) is 1. The molecule has 0 aliphatic carbocycles. The standard InChI is InChI=1S/C19H29FN2O2/c1-4-22(14(2)16-7-9-18(20)10-8-16)19(24)13-21-11-5-6-17(12-21)15(3)23/h7-10,14-15,17,23H,4-6,11-13H2,1-3H3. The van der Waals surface area contributed by atoms with Gasteiger partial charge in [0.15, 0.2) is 0 Å². The van der Waals surface area contributed by atoms with E-state index in [1.165, 1.54) is 12.1 Å². The smallest absolute Gasteiger partial charge is 0.237 e. The topological polar surface area (TPSA) is 43.8 Å². The summed E-state index contributed by atoms with van der Waals surface area (Å²) in [6.07, 6.45) is 1.71. The molecule has 3 unspecified atom stereocenters. The van der Waals surface area contributed by atoms with Crippen LogP contribution >= 0.6 is 0 Å². The third-order valence-corrected chi connectivity index (χ3v) is 5.06. The molecule has 5 heteroatoms. The highest BCUT2D eigenvalue weighted by Crippen LogP contribution is 2.23. The van der Waals surface area contributed by atoms with Gasteiger partial charge in [-0.25, -0.2) is 4.39 Å². The van der Waals surface area contributed by atoms with Crippen LogP contribution in [0.25, 0.3) is 0 Å². The Bertz CT molecular complexity index is 533. The summed E-state index contributed by atoms with van der Waals surface area (Å²) < 4.78 is 13.1. The minimum Gasteiger partial charge on any atom is -0.393 e. The van der Waals surface area contributed by atoms with Gasteiger partial charge in [-0.3, -0.25) is 9.69 Å². The Hall–Kier alpha value is -1.46. The molecule has 1 N–H and O–H groups in total. The van der Waals surface area contributed by atoms with E-state index in [9.17, 15) is 14.3 Å². The fraction of sp³-hybridized carbons (Fsp3) is 0.632. The maximum atomic E-state index is 13.1. The van der Waals surface area contributed by atoms with Crippen LogP contribution in [0, 0.1) is 11.7 Å². The quantitative estimate of drug-likeness (QED) is 0.869. The van der Waals surface area contributed by atoms with E-state index in [1.807, 2.05) is 25.7 Å². The van der Waals surface area contributed by atoms with Crippen LogP contribution in [-0.2, 0) is 4.79 Å². The number of carbonyl (C=O) groups excluding carboxylic acids is 1. The summed E-state index contributed by atoms with van der Waals surface area (Å²) >= 11 is 0. The van der Waals surface area contributed by atoms with Crippen LogP contribution in [-0.4, -0.2) is 53.1 Å². The first-order valence-corrected chi connectivity index (χ1v) is 8.87. The molecular formula is C19H29FN2O2. The van der Waals surface area contributed by atoms with Crippen molar-refractivity contribution >= 4 is 5.91 Å². The molecule has 2 rings (SSSR count). The van der Waals surface area contributed by atoms with Crippen molar-refractivity contribution in [3.05, 3.63) is 35.6 Å². The van der Waals surface area contributed by atoms with E-state index >= 15 is 0 Å². The molecule has 1 fully saturated rings. The lowest BCUT2D eigenvalue weighted by Gasteiger charge is -2.36. The Kier molecular flexibility index (Phi) is 6.75. The third-order valence-electron chi connectivity index (χ3n) is 5.06. The largest absolute Gasteiger partial charge is 0.393 e. The number of carbonyl (C=O) groups is 1. The van der Waals surface area contributed by atoms with E-state index in [0.717, 1.165) is 31.5 Å². The van der Waals surface area contributed by atoms with E-state index in [0.29, 0.717) is 13.1 Å². The molecule has 1 saturated heterocycles. The zero-order valence-electron chi connectivity index (χ0n) is 14.9. The molecule has 1 aliphatic heterocycles. The molecule has 24 heavy (non-hydrogen) atoms. The number of likely N-dealkylation sites (tertiary alicyclic amines) is 1. The van der Waals surface area contributed by atoms with Crippen LogP contribution in [0.1, 0.15) is 45.2 Å². The number of aliphatic hydroxyl groups is 1. The average molecular weight is 336 g/mol. The number of rotatable bonds is 6. The van der Waals surface area contributed by atoms with Crippen molar-refractivity contribution in [1.82, 2.24) is 9.80 Å². The summed E-state index contributed by atoms with van der Waals surface area (Å²) in [5.74, 6) is 0.0644. The minimum absolute atomic E-state index is 0.0829. The second kappa shape index (κ2) is 8.58. The summed E-state index contributed by atoms with van der Waals surface area (Å²) in [6.45, 7) is 8.43. The molecule has 134 valence electrons. The molecule has 3 atom stereocenters. The first-order valence-electron chi connectivity index (χ1n) is 8.87. The summed E-state index contributed by atoms with van der Waals surface area (Å²) in [5.41, 5.74) is 0.937. The van der Waals surface area contributed by atoms with Gasteiger partial charge in [0.25, 0.3) is 0 Å². The number of hydrogen-bond acceptors (Lipinski definition) is 3. The predicted molar refractivity (Wildman–Crippen MR) is 93.0 cm³/mol. The van der Waals surface area contributed by atoms with Gasteiger partial charge in [0.05, 0.1) is 18.7 Å². The Balaban J connectivity index is 1.99. The SMILES string of the molecule is CCN(C(=O)CN1CCCC(C(C)O)C1)C(C)c1ccc(F)cc1. The maximum absolute atomic E-state index is 13.1. The van der Waals surface area contributed by atoms with Crippen LogP contribution in [0.15, 0.2) is 24.3 Å². The van der Waals surface area contributed by atoms with Crippen LogP contribution in [0.3, 0.4) is 0 Å². The summed E-state index contributed by atoms with van der Waals surface area (Å²) in [7, 11) is 0. The van der Waals surface area contributed by atoms with Crippen molar-refractivity contribution in [2.75, 3.05) is 26.2 Å². The monoisotopic (exact) mass is 336 g/mol. The molecule has 0 radical (unpaired) electrons. The molecule has 1 heterocycles. The molecule has 0 bridgehead atoms. The molecule has 1 aromatic carbocycles. The van der Waals surface area contributed by atoms with E-state index < -0.39 is 0 Å². The molecule has 1 aromatic rings. The second-order valence-corrected chi connectivity index (χ2v) is 6.79. The number of piperidine rings is 1. The highest BCUT2D eigenvalue weighted by Gasteiger charge is 2.27. The van der Waals surface area contributed by atoms with E-state index in [4.69, 9.17) is 0 Å². The van der Waals surface area contributed by atoms with Crippen molar-refractivity contribution in [2.24, 2.45) is 5.92 Å². The fourth-order valence-electron chi connectivity index (χ4n) is 3.50. The number of amides is 1. The Labute approximate surface area is 144 Å². The molecule has 4 nitrogen and oxygen atoms in total. The van der Waals surface area contributed by atoms with Crippen molar-refractivity contribution in [3.8, 4) is 0 Å². The second-order valence-electron chi connectivity index (χ2n) is 6.79. The van der Waals surface area contributed by atoms with E-state index in [2.05, 4.69) is 4.90 Å². The Morgan fingerprint density at radius 2 is 2.04 bits per heavy atom. The van der Waals surface area contributed by atoms with E-state index in [1.54, 1.807) is 12.1 Å². The van der Waals surface area contributed by atoms with Gasteiger partial charge >= 0.3 is 0 Å². The summed E-state index contributed by atoms with van der Waals surface area (Å²) in [5, 5.41) is 9.79. The highest BCUT2D eigenvalue weighted by molar-refractivity contribution is 5.78. The van der Waals surface area contributed by atoms with Gasteiger partial charge in [-0.15, -0.1) is 0 Å². The van der Waals surface area contributed by atoms with Gasteiger partial charge in [0.1, 0.15) is 5.82 Å². The lowest BCUT2D eigenvalue weighted by atomic mass is 9.93. The van der Waals surface area contributed by atoms with Gasteiger partial charge in [0.2, 0.25) is 5.91 Å². The zero-order chi connectivity index (χ0) is 17.7. The first-order chi connectivity index (χ1) is 11.4. The third kappa shape index (κ3) is 4.77. The zero-order valence-corrected chi connectivity index (χ0v) is 14.9. The first kappa shape index (κ1) is 18.9. The normalized spacial score (nSPS) is 21.3. The van der Waals surface area contributed by atoms with Crippen molar-refractivity contribution < 1.29 is 14.3 Å². The molecule has 1 amide bonds. The molecular weight excluding hydrogens is 307 g/mol. The van der Waals surface area contributed by atoms with Crippen molar-refractivity contribution in [3.63, 3.8) is 0 Å². The highest BCUT2D eigenvalue weighted by atomic mass is 19.1. The Morgan fingerprint density at radius 3 is 2.62 bits per heavy atom.